The van der Waals surface area contributed by atoms with Crippen molar-refractivity contribution in [3.63, 3.8) is 0 Å². The van der Waals surface area contributed by atoms with Gasteiger partial charge in [0.05, 0.1) is 44.6 Å². The Labute approximate surface area is 300 Å². The molecular formula is C40H56O8Si2. The SMILES string of the molecule is COc1ccc(COC(CCO[Si](c2ccccc2)(c2ccccc2)C(C)(C)C)C[C@@H]2CC(=O)C[C@H](CC(CC(=O)O)O[Si](C)(C)C)O2)cc1. The largest absolute Gasteiger partial charge is 0.497 e. The predicted octanol–water partition coefficient (Wildman–Crippen LogP) is 7.14. The molecule has 3 aromatic rings. The molecule has 0 bridgehead atoms. The number of carboxylic acids is 1. The third-order valence-electron chi connectivity index (χ3n) is 9.09. The lowest BCUT2D eigenvalue weighted by atomic mass is 9.94. The van der Waals surface area contributed by atoms with Gasteiger partial charge in [0.2, 0.25) is 0 Å². The fourth-order valence-electron chi connectivity index (χ4n) is 7.00. The second-order valence-corrected chi connectivity index (χ2v) is 24.1. The standard InChI is InChI=1S/C40H56O8Si2/c1-40(2,3)50(37-14-10-8-11-15-37,38-16-12-9-13-17-38)46-23-22-33(45-29-30-18-20-32(44-4)21-19-30)26-34-24-31(41)25-35(47-34)27-36(28-39(42)43)48-49(5,6)7/h8-21,33-36H,22-29H2,1-7H3,(H,42,43)/t33?,34-,35+,36?/m0/s1. The van der Waals surface area contributed by atoms with E-state index >= 15 is 0 Å². The van der Waals surface area contributed by atoms with E-state index in [1.165, 1.54) is 10.4 Å². The molecule has 8 nitrogen and oxygen atoms in total. The number of carbonyl (C=O) groups is 2. The first-order valence-corrected chi connectivity index (χ1v) is 23.1. The first-order chi connectivity index (χ1) is 23.7. The van der Waals surface area contributed by atoms with Crippen molar-refractivity contribution >= 4 is 38.8 Å². The zero-order valence-electron chi connectivity index (χ0n) is 30.9. The normalized spacial score (nSPS) is 18.4. The minimum atomic E-state index is -2.75. The summed E-state index contributed by atoms with van der Waals surface area (Å²) in [4.78, 5) is 24.7. The molecule has 0 amide bonds. The van der Waals surface area contributed by atoms with Crippen LogP contribution in [0.1, 0.15) is 64.9 Å². The summed E-state index contributed by atoms with van der Waals surface area (Å²) in [6.07, 6.45) is 0.426. The van der Waals surface area contributed by atoms with E-state index in [0.29, 0.717) is 38.9 Å². The quantitative estimate of drug-likeness (QED) is 0.139. The van der Waals surface area contributed by atoms with Crippen LogP contribution in [0.5, 0.6) is 5.75 Å². The number of benzene rings is 3. The van der Waals surface area contributed by atoms with E-state index in [1.807, 2.05) is 56.0 Å². The zero-order valence-corrected chi connectivity index (χ0v) is 32.9. The third-order valence-corrected chi connectivity index (χ3v) is 15.2. The molecule has 1 saturated heterocycles. The predicted molar refractivity (Wildman–Crippen MR) is 202 cm³/mol. The lowest BCUT2D eigenvalue weighted by molar-refractivity contribution is -0.143. The number of ketones is 1. The number of ether oxygens (including phenoxy) is 3. The van der Waals surface area contributed by atoms with Crippen LogP contribution in [0.3, 0.4) is 0 Å². The Kier molecular flexibility index (Phi) is 14.2. The fraction of sp³-hybridized carbons (Fsp3) is 0.500. The van der Waals surface area contributed by atoms with Gasteiger partial charge in [-0.3, -0.25) is 9.59 Å². The number of methoxy groups -OCH3 is 1. The van der Waals surface area contributed by atoms with E-state index in [9.17, 15) is 14.7 Å². The number of carbonyl (C=O) groups excluding carboxylic acids is 1. The third kappa shape index (κ3) is 11.4. The molecule has 4 rings (SSSR count). The number of rotatable bonds is 18. The maximum Gasteiger partial charge on any atom is 0.305 e. The molecule has 0 saturated carbocycles. The molecule has 272 valence electrons. The van der Waals surface area contributed by atoms with Gasteiger partial charge in [-0.1, -0.05) is 93.6 Å². The van der Waals surface area contributed by atoms with Crippen molar-refractivity contribution in [3.8, 4) is 5.75 Å². The molecule has 10 heteroatoms. The van der Waals surface area contributed by atoms with E-state index in [1.54, 1.807) is 7.11 Å². The average Bonchev–Trinajstić information content (AvgIpc) is 3.04. The maximum atomic E-state index is 13.1. The Morgan fingerprint density at radius 3 is 1.88 bits per heavy atom. The van der Waals surface area contributed by atoms with Gasteiger partial charge in [-0.2, -0.15) is 0 Å². The highest BCUT2D eigenvalue weighted by Gasteiger charge is 2.50. The average molecular weight is 721 g/mol. The van der Waals surface area contributed by atoms with Crippen molar-refractivity contribution in [1.82, 2.24) is 0 Å². The van der Waals surface area contributed by atoms with Gasteiger partial charge in [-0.05, 0) is 65.6 Å². The van der Waals surface area contributed by atoms with Crippen molar-refractivity contribution < 1.29 is 37.8 Å². The van der Waals surface area contributed by atoms with Gasteiger partial charge in [0, 0.05) is 25.9 Å². The second-order valence-electron chi connectivity index (χ2n) is 15.3. The van der Waals surface area contributed by atoms with Crippen LogP contribution in [0, 0.1) is 0 Å². The van der Waals surface area contributed by atoms with Crippen LogP contribution >= 0.6 is 0 Å². The number of carboxylic acid groups (broad SMARTS) is 1. The van der Waals surface area contributed by atoms with Crippen LogP contribution in [0.2, 0.25) is 24.7 Å². The minimum absolute atomic E-state index is 0.115. The summed E-state index contributed by atoms with van der Waals surface area (Å²) in [6, 6.07) is 29.0. The molecule has 0 spiro atoms. The number of hydrogen-bond donors (Lipinski definition) is 1. The molecule has 0 aliphatic carbocycles. The van der Waals surface area contributed by atoms with Crippen molar-refractivity contribution in [3.05, 3.63) is 90.5 Å². The van der Waals surface area contributed by atoms with Crippen LogP contribution in [-0.4, -0.2) is 71.6 Å². The topological polar surface area (TPSA) is 101 Å². The molecule has 1 N–H and O–H groups in total. The summed E-state index contributed by atoms with van der Waals surface area (Å²) < 4.78 is 31.9. The molecule has 4 atom stereocenters. The fourth-order valence-corrected chi connectivity index (χ4v) is 12.8. The highest BCUT2D eigenvalue weighted by atomic mass is 28.4. The van der Waals surface area contributed by atoms with Crippen LogP contribution in [0.25, 0.3) is 0 Å². The molecular weight excluding hydrogens is 665 g/mol. The van der Waals surface area contributed by atoms with Gasteiger partial charge >= 0.3 is 5.97 Å². The molecule has 0 radical (unpaired) electrons. The Morgan fingerprint density at radius 2 is 1.40 bits per heavy atom. The van der Waals surface area contributed by atoms with Crippen LogP contribution in [0.15, 0.2) is 84.9 Å². The van der Waals surface area contributed by atoms with E-state index in [4.69, 9.17) is 23.1 Å². The first-order valence-electron chi connectivity index (χ1n) is 17.7. The van der Waals surface area contributed by atoms with Crippen molar-refractivity contribution in [2.24, 2.45) is 0 Å². The maximum absolute atomic E-state index is 13.1. The summed E-state index contributed by atoms with van der Waals surface area (Å²) in [5.41, 5.74) is 1.02. The monoisotopic (exact) mass is 720 g/mol. The smallest absolute Gasteiger partial charge is 0.305 e. The van der Waals surface area contributed by atoms with E-state index < -0.39 is 34.8 Å². The molecule has 50 heavy (non-hydrogen) atoms. The zero-order chi connectivity index (χ0) is 36.4. The van der Waals surface area contributed by atoms with Gasteiger partial charge in [0.15, 0.2) is 8.32 Å². The summed E-state index contributed by atoms with van der Waals surface area (Å²) in [5.74, 6) is -0.0194. The second kappa shape index (κ2) is 17.9. The minimum Gasteiger partial charge on any atom is -0.497 e. The summed E-state index contributed by atoms with van der Waals surface area (Å²) >= 11 is 0. The highest BCUT2D eigenvalue weighted by Crippen LogP contribution is 2.37. The van der Waals surface area contributed by atoms with Gasteiger partial charge in [0.1, 0.15) is 11.5 Å². The number of aliphatic carboxylic acids is 1. The Balaban J connectivity index is 1.55. The van der Waals surface area contributed by atoms with E-state index in [0.717, 1.165) is 11.3 Å². The number of Topliss-reactive ketones (excluding diaryl/α,β-unsaturated/α-hetero) is 1. The van der Waals surface area contributed by atoms with Crippen LogP contribution < -0.4 is 15.1 Å². The lowest BCUT2D eigenvalue weighted by Gasteiger charge is -2.43. The summed E-state index contributed by atoms with van der Waals surface area (Å²) in [6.45, 7) is 13.8. The van der Waals surface area contributed by atoms with Crippen LogP contribution in [-0.2, 0) is 34.5 Å². The van der Waals surface area contributed by atoms with Crippen molar-refractivity contribution in [2.45, 2.75) is 115 Å². The summed E-state index contributed by atoms with van der Waals surface area (Å²) in [5, 5.41) is 11.8. The molecule has 1 aliphatic rings. The Hall–Kier alpha value is -3.13. The van der Waals surface area contributed by atoms with Gasteiger partial charge < -0.3 is 28.2 Å². The Bertz CT molecular complexity index is 1450. The molecule has 1 heterocycles. The first kappa shape index (κ1) is 39.7. The summed E-state index contributed by atoms with van der Waals surface area (Å²) in [7, 11) is -3.12. The van der Waals surface area contributed by atoms with Crippen molar-refractivity contribution in [1.29, 1.82) is 0 Å². The lowest BCUT2D eigenvalue weighted by Crippen LogP contribution is -2.66. The van der Waals surface area contributed by atoms with Gasteiger partial charge in [-0.25, -0.2) is 0 Å². The highest BCUT2D eigenvalue weighted by molar-refractivity contribution is 6.99. The van der Waals surface area contributed by atoms with Crippen LogP contribution in [0.4, 0.5) is 0 Å². The molecule has 0 aromatic heterocycles. The van der Waals surface area contributed by atoms with Crippen molar-refractivity contribution in [2.75, 3.05) is 13.7 Å². The Morgan fingerprint density at radius 1 is 0.860 bits per heavy atom. The number of hydrogen-bond acceptors (Lipinski definition) is 7. The molecule has 2 unspecified atom stereocenters. The van der Waals surface area contributed by atoms with Gasteiger partial charge in [-0.15, -0.1) is 0 Å². The van der Waals surface area contributed by atoms with E-state index in [-0.39, 0.29) is 35.9 Å². The van der Waals surface area contributed by atoms with Gasteiger partial charge in [0.25, 0.3) is 8.32 Å². The molecule has 3 aromatic carbocycles. The molecule has 1 aliphatic heterocycles. The van der Waals surface area contributed by atoms with E-state index in [2.05, 4.69) is 69.3 Å². The molecule has 1 fully saturated rings.